The van der Waals surface area contributed by atoms with Crippen LogP contribution >= 0.6 is 0 Å². The van der Waals surface area contributed by atoms with E-state index >= 15 is 0 Å². The van der Waals surface area contributed by atoms with E-state index in [1.807, 2.05) is 0 Å². The molecule has 0 saturated carbocycles. The van der Waals surface area contributed by atoms with Crippen molar-refractivity contribution in [3.8, 4) is 0 Å². The number of H-pyrrole nitrogens is 1. The van der Waals surface area contributed by atoms with Crippen molar-refractivity contribution in [2.45, 2.75) is 20.0 Å². The number of fused-ring (bicyclic) bond motifs is 1. The minimum absolute atomic E-state index is 0.171. The van der Waals surface area contributed by atoms with Crippen LogP contribution in [0.1, 0.15) is 16.8 Å². The van der Waals surface area contributed by atoms with Crippen molar-refractivity contribution in [1.29, 1.82) is 0 Å². The Morgan fingerprint density at radius 1 is 1.08 bits per heavy atom. The number of methoxy groups -OCH3 is 1. The van der Waals surface area contributed by atoms with Crippen LogP contribution in [0.15, 0.2) is 53.3 Å². The molecule has 3 rings (SSSR count). The van der Waals surface area contributed by atoms with Crippen LogP contribution in [0.5, 0.6) is 0 Å². The highest BCUT2D eigenvalue weighted by molar-refractivity contribution is 5.78. The fourth-order valence-corrected chi connectivity index (χ4v) is 2.99. The Kier molecular flexibility index (Phi) is 5.81. The Bertz CT molecular complexity index is 935. The Hall–Kier alpha value is -2.50. The molecule has 0 amide bonds. The van der Waals surface area contributed by atoms with Crippen LogP contribution in [0.25, 0.3) is 10.9 Å². The van der Waals surface area contributed by atoms with E-state index in [9.17, 15) is 9.18 Å². The molecule has 0 unspecified atom stereocenters. The molecule has 26 heavy (non-hydrogen) atoms. The second-order valence-corrected chi connectivity index (χ2v) is 6.54. The van der Waals surface area contributed by atoms with Crippen LogP contribution in [0, 0.1) is 12.7 Å². The van der Waals surface area contributed by atoms with Crippen molar-refractivity contribution in [3.63, 3.8) is 0 Å². The normalized spacial score (nSPS) is 11.4. The van der Waals surface area contributed by atoms with E-state index in [1.54, 1.807) is 19.2 Å². The molecule has 1 aromatic heterocycles. The van der Waals surface area contributed by atoms with E-state index in [-0.39, 0.29) is 5.43 Å². The van der Waals surface area contributed by atoms with Crippen molar-refractivity contribution in [2.24, 2.45) is 0 Å². The zero-order valence-corrected chi connectivity index (χ0v) is 15.1. The van der Waals surface area contributed by atoms with E-state index in [2.05, 4.69) is 41.1 Å². The molecule has 0 radical (unpaired) electrons. The third-order valence-electron chi connectivity index (χ3n) is 4.38. The third kappa shape index (κ3) is 4.56. The number of aromatic nitrogens is 1. The molecule has 0 aliphatic carbocycles. The van der Waals surface area contributed by atoms with Gasteiger partial charge in [0.05, 0.1) is 6.61 Å². The van der Waals surface area contributed by atoms with Gasteiger partial charge in [-0.25, -0.2) is 4.39 Å². The first-order valence-electron chi connectivity index (χ1n) is 8.63. The zero-order chi connectivity index (χ0) is 18.5. The summed E-state index contributed by atoms with van der Waals surface area (Å²) >= 11 is 0. The fraction of sp³-hybridized carbons (Fsp3) is 0.286. The number of hydrogen-bond donors (Lipinski definition) is 1. The average Bonchev–Trinajstić information content (AvgIpc) is 2.62. The van der Waals surface area contributed by atoms with Gasteiger partial charge < -0.3 is 9.72 Å². The van der Waals surface area contributed by atoms with Crippen LogP contribution in [0.4, 0.5) is 4.39 Å². The summed E-state index contributed by atoms with van der Waals surface area (Å²) in [5, 5.41) is 0.371. The Balaban J connectivity index is 1.83. The Morgan fingerprint density at radius 3 is 2.58 bits per heavy atom. The quantitative estimate of drug-likeness (QED) is 0.705. The summed E-state index contributed by atoms with van der Waals surface area (Å²) < 4.78 is 18.6. The Morgan fingerprint density at radius 2 is 1.85 bits per heavy atom. The van der Waals surface area contributed by atoms with Gasteiger partial charge in [0.2, 0.25) is 0 Å². The van der Waals surface area contributed by atoms with E-state index in [0.29, 0.717) is 24.1 Å². The average molecular weight is 354 g/mol. The van der Waals surface area contributed by atoms with Crippen molar-refractivity contribution in [1.82, 2.24) is 9.88 Å². The number of ether oxygens (including phenoxy) is 1. The summed E-state index contributed by atoms with van der Waals surface area (Å²) in [6.07, 6.45) is 0. The number of aromatic amines is 1. The molecule has 1 N–H and O–H groups in total. The second kappa shape index (κ2) is 8.25. The first kappa shape index (κ1) is 18.3. The Labute approximate surface area is 152 Å². The third-order valence-corrected chi connectivity index (χ3v) is 4.38. The maximum atomic E-state index is 13.4. The van der Waals surface area contributed by atoms with Gasteiger partial charge in [-0.05, 0) is 30.7 Å². The number of rotatable bonds is 7. The predicted molar refractivity (Wildman–Crippen MR) is 102 cm³/mol. The van der Waals surface area contributed by atoms with Crippen molar-refractivity contribution < 1.29 is 9.13 Å². The standard InChI is InChI=1S/C21H23FN2O2/c1-15-3-5-16(6-4-15)13-24(9-10-26-2)14-18-12-21(25)19-11-17(22)7-8-20(19)23-18/h3-8,11-12H,9-10,13-14H2,1-2H3,(H,23,25). The van der Waals surface area contributed by atoms with Gasteiger partial charge in [-0.2, -0.15) is 0 Å². The summed E-state index contributed by atoms with van der Waals surface area (Å²) in [7, 11) is 1.68. The molecule has 0 aliphatic heterocycles. The lowest BCUT2D eigenvalue weighted by Crippen LogP contribution is -2.27. The maximum absolute atomic E-state index is 13.4. The first-order chi connectivity index (χ1) is 12.5. The zero-order valence-electron chi connectivity index (χ0n) is 15.1. The van der Waals surface area contributed by atoms with Gasteiger partial charge in [0.25, 0.3) is 0 Å². The second-order valence-electron chi connectivity index (χ2n) is 6.54. The number of nitrogens with zero attached hydrogens (tertiary/aromatic N) is 1. The number of benzene rings is 2. The highest BCUT2D eigenvalue weighted by atomic mass is 19.1. The summed E-state index contributed by atoms with van der Waals surface area (Å²) in [6.45, 7) is 4.75. The van der Waals surface area contributed by atoms with Gasteiger partial charge in [-0.1, -0.05) is 29.8 Å². The van der Waals surface area contributed by atoms with Crippen LogP contribution in [0.3, 0.4) is 0 Å². The first-order valence-corrected chi connectivity index (χ1v) is 8.63. The van der Waals surface area contributed by atoms with Gasteiger partial charge in [-0.15, -0.1) is 0 Å². The molecule has 3 aromatic rings. The molecule has 5 heteroatoms. The molecule has 0 aliphatic rings. The van der Waals surface area contributed by atoms with Crippen LogP contribution in [-0.2, 0) is 17.8 Å². The molecule has 0 saturated heterocycles. The molecule has 136 valence electrons. The van der Waals surface area contributed by atoms with Crippen molar-refractivity contribution in [2.75, 3.05) is 20.3 Å². The highest BCUT2D eigenvalue weighted by Gasteiger charge is 2.10. The lowest BCUT2D eigenvalue weighted by molar-refractivity contribution is 0.139. The summed E-state index contributed by atoms with van der Waals surface area (Å²) in [4.78, 5) is 17.8. The topological polar surface area (TPSA) is 45.3 Å². The van der Waals surface area contributed by atoms with Crippen molar-refractivity contribution >= 4 is 10.9 Å². The molecular weight excluding hydrogens is 331 g/mol. The van der Waals surface area contributed by atoms with Crippen molar-refractivity contribution in [3.05, 3.63) is 81.4 Å². The van der Waals surface area contributed by atoms with Gasteiger partial charge in [0.1, 0.15) is 5.82 Å². The molecule has 0 fully saturated rings. The molecule has 0 spiro atoms. The van der Waals surface area contributed by atoms with E-state index in [4.69, 9.17) is 4.74 Å². The minimum atomic E-state index is -0.406. The summed E-state index contributed by atoms with van der Waals surface area (Å²) in [6, 6.07) is 14.2. The largest absolute Gasteiger partial charge is 0.383 e. The van der Waals surface area contributed by atoms with Gasteiger partial charge in [-0.3, -0.25) is 9.69 Å². The van der Waals surface area contributed by atoms with Gasteiger partial charge in [0.15, 0.2) is 5.43 Å². The number of nitrogens with one attached hydrogen (secondary N) is 1. The SMILES string of the molecule is COCCN(Cc1ccc(C)cc1)Cc1cc(=O)c2cc(F)ccc2[nH]1. The summed E-state index contributed by atoms with van der Waals surface area (Å²) in [5.41, 5.74) is 3.71. The highest BCUT2D eigenvalue weighted by Crippen LogP contribution is 2.13. The van der Waals surface area contributed by atoms with E-state index in [1.165, 1.54) is 23.3 Å². The van der Waals surface area contributed by atoms with E-state index < -0.39 is 5.82 Å². The molecular formula is C21H23FN2O2. The predicted octanol–water partition coefficient (Wildman–Crippen LogP) is 3.62. The minimum Gasteiger partial charge on any atom is -0.383 e. The van der Waals surface area contributed by atoms with Gasteiger partial charge in [0, 0.05) is 49.4 Å². The lowest BCUT2D eigenvalue weighted by atomic mass is 10.1. The number of hydrogen-bond acceptors (Lipinski definition) is 3. The molecule has 0 atom stereocenters. The fourth-order valence-electron chi connectivity index (χ4n) is 2.99. The molecule has 2 aromatic carbocycles. The maximum Gasteiger partial charge on any atom is 0.189 e. The lowest BCUT2D eigenvalue weighted by Gasteiger charge is -2.22. The summed E-state index contributed by atoms with van der Waals surface area (Å²) in [5.74, 6) is -0.406. The number of pyridine rings is 1. The number of aryl methyl sites for hydroxylation is 1. The van der Waals surface area contributed by atoms with E-state index in [0.717, 1.165) is 18.8 Å². The molecule has 4 nitrogen and oxygen atoms in total. The van der Waals surface area contributed by atoms with Crippen LogP contribution < -0.4 is 5.43 Å². The molecule has 1 heterocycles. The number of halogens is 1. The van der Waals surface area contributed by atoms with Gasteiger partial charge >= 0.3 is 0 Å². The molecule has 0 bridgehead atoms. The smallest absolute Gasteiger partial charge is 0.189 e. The van der Waals surface area contributed by atoms with Crippen LogP contribution in [0.2, 0.25) is 0 Å². The van der Waals surface area contributed by atoms with Crippen LogP contribution in [-0.4, -0.2) is 30.1 Å². The monoisotopic (exact) mass is 354 g/mol.